The number of guanidine groups is 1. The number of ether oxygens (including phenoxy) is 2. The normalized spacial score (nSPS) is 26.6. The van der Waals surface area contributed by atoms with Crippen molar-refractivity contribution in [2.75, 3.05) is 66.2 Å². The summed E-state index contributed by atoms with van der Waals surface area (Å²) in [5, 5.41) is 4.42. The quantitative estimate of drug-likeness (QED) is 0.366. The molecule has 1 N–H and O–H groups in total. The minimum atomic E-state index is 0. The van der Waals surface area contributed by atoms with Crippen molar-refractivity contribution in [1.82, 2.24) is 15.1 Å². The Bertz CT molecular complexity index is 676. The monoisotopic (exact) mass is 534 g/mol. The Balaban J connectivity index is 0.00000240. The zero-order valence-corrected chi connectivity index (χ0v) is 20.2. The molecule has 3 aliphatic heterocycles. The van der Waals surface area contributed by atoms with Crippen LogP contribution in [0.3, 0.4) is 0 Å². The van der Waals surface area contributed by atoms with Crippen molar-refractivity contribution in [2.24, 2.45) is 10.4 Å². The summed E-state index contributed by atoms with van der Waals surface area (Å²) in [6.07, 6.45) is 2.36. The van der Waals surface area contributed by atoms with Crippen LogP contribution in [-0.2, 0) is 9.47 Å². The molecule has 0 aliphatic carbocycles. The summed E-state index contributed by atoms with van der Waals surface area (Å²) in [6.45, 7) is 8.14. The smallest absolute Gasteiger partial charge is 0.193 e. The fourth-order valence-electron chi connectivity index (χ4n) is 4.64. The molecule has 0 bridgehead atoms. The highest BCUT2D eigenvalue weighted by Gasteiger charge is 2.42. The molecule has 0 amide bonds. The van der Waals surface area contributed by atoms with Gasteiger partial charge < -0.3 is 19.7 Å². The molecule has 2 unspecified atom stereocenters. The van der Waals surface area contributed by atoms with Crippen molar-refractivity contribution in [1.29, 1.82) is 0 Å². The Morgan fingerprint density at radius 1 is 1.14 bits per heavy atom. The topological polar surface area (TPSA) is 49.3 Å². The third-order valence-corrected chi connectivity index (χ3v) is 6.58. The van der Waals surface area contributed by atoms with Gasteiger partial charge in [0, 0.05) is 56.8 Å². The lowest BCUT2D eigenvalue weighted by Gasteiger charge is -2.36. The summed E-state index contributed by atoms with van der Waals surface area (Å²) in [5.41, 5.74) is 1.61. The van der Waals surface area contributed by atoms with E-state index in [1.807, 2.05) is 19.2 Å². The van der Waals surface area contributed by atoms with E-state index in [1.54, 1.807) is 0 Å². The van der Waals surface area contributed by atoms with Gasteiger partial charge in [-0.25, -0.2) is 0 Å². The van der Waals surface area contributed by atoms with E-state index in [4.69, 9.17) is 21.1 Å². The van der Waals surface area contributed by atoms with Gasteiger partial charge >= 0.3 is 0 Å². The first-order chi connectivity index (χ1) is 13.7. The number of nitrogens with zero attached hydrogens (tertiary/aromatic N) is 3. The molecule has 3 saturated heterocycles. The zero-order valence-electron chi connectivity index (χ0n) is 17.1. The number of halogens is 2. The molecule has 6 nitrogen and oxygen atoms in total. The third-order valence-electron chi connectivity index (χ3n) is 6.33. The van der Waals surface area contributed by atoms with Gasteiger partial charge in [-0.05, 0) is 30.5 Å². The fourth-order valence-corrected chi connectivity index (χ4v) is 4.77. The van der Waals surface area contributed by atoms with Gasteiger partial charge in [-0.1, -0.05) is 23.7 Å². The Kier molecular flexibility index (Phi) is 8.44. The maximum Gasteiger partial charge on any atom is 0.193 e. The van der Waals surface area contributed by atoms with Gasteiger partial charge in [-0.15, -0.1) is 24.0 Å². The van der Waals surface area contributed by atoms with Crippen LogP contribution < -0.4 is 5.32 Å². The second-order valence-corrected chi connectivity index (χ2v) is 8.55. The van der Waals surface area contributed by atoms with Crippen LogP contribution in [-0.4, -0.2) is 82.0 Å². The third kappa shape index (κ3) is 5.55. The number of likely N-dealkylation sites (tertiary alicyclic amines) is 1. The molecule has 1 spiro atoms. The van der Waals surface area contributed by atoms with Gasteiger partial charge in [0.05, 0.1) is 25.9 Å². The molecular weight excluding hydrogens is 503 g/mol. The molecule has 0 radical (unpaired) electrons. The minimum Gasteiger partial charge on any atom is -0.381 e. The minimum absolute atomic E-state index is 0. The highest BCUT2D eigenvalue weighted by atomic mass is 127. The van der Waals surface area contributed by atoms with E-state index < -0.39 is 0 Å². The van der Waals surface area contributed by atoms with Gasteiger partial charge in [0.15, 0.2) is 5.96 Å². The van der Waals surface area contributed by atoms with Crippen LogP contribution >= 0.6 is 35.6 Å². The largest absolute Gasteiger partial charge is 0.381 e. The average molecular weight is 535 g/mol. The van der Waals surface area contributed by atoms with Crippen LogP contribution in [0.2, 0.25) is 5.02 Å². The number of morpholine rings is 1. The number of hydrogen-bond acceptors (Lipinski definition) is 4. The molecule has 3 fully saturated rings. The lowest BCUT2D eigenvalue weighted by atomic mass is 9.87. The maximum atomic E-state index is 6.11. The lowest BCUT2D eigenvalue weighted by molar-refractivity contribution is 0.0169. The first-order valence-electron chi connectivity index (χ1n) is 10.3. The molecule has 29 heavy (non-hydrogen) atoms. The zero-order chi connectivity index (χ0) is 19.4. The molecule has 3 heterocycles. The first kappa shape index (κ1) is 23.1. The Labute approximate surface area is 196 Å². The van der Waals surface area contributed by atoms with Crippen molar-refractivity contribution < 1.29 is 9.47 Å². The second-order valence-electron chi connectivity index (χ2n) is 8.12. The van der Waals surface area contributed by atoms with Crippen LogP contribution in [0.5, 0.6) is 0 Å². The molecule has 1 aromatic rings. The second kappa shape index (κ2) is 10.6. The van der Waals surface area contributed by atoms with Crippen LogP contribution in [0, 0.1) is 5.41 Å². The summed E-state index contributed by atoms with van der Waals surface area (Å²) in [6, 6.07) is 8.48. The number of hydrogen-bond donors (Lipinski definition) is 1. The van der Waals surface area contributed by atoms with Crippen LogP contribution in [0.1, 0.15) is 24.4 Å². The van der Waals surface area contributed by atoms with E-state index in [1.165, 1.54) is 18.4 Å². The van der Waals surface area contributed by atoms with Gasteiger partial charge in [0.2, 0.25) is 0 Å². The van der Waals surface area contributed by atoms with E-state index in [9.17, 15) is 0 Å². The SMILES string of the molecule is CN=C(NCC(c1ccc(Cl)cc1)N1CCOCC1)N1CCC2(CCOC2)C1.I. The van der Waals surface area contributed by atoms with E-state index in [-0.39, 0.29) is 30.0 Å². The van der Waals surface area contributed by atoms with Crippen molar-refractivity contribution in [3.63, 3.8) is 0 Å². The highest BCUT2D eigenvalue weighted by Crippen LogP contribution is 2.38. The molecule has 1 aromatic carbocycles. The van der Waals surface area contributed by atoms with Gasteiger partial charge in [-0.2, -0.15) is 0 Å². The number of aliphatic imine (C=N–C) groups is 1. The molecule has 0 saturated carbocycles. The van der Waals surface area contributed by atoms with Crippen LogP contribution in [0.25, 0.3) is 0 Å². The van der Waals surface area contributed by atoms with E-state index in [2.05, 4.69) is 32.2 Å². The molecule has 2 atom stereocenters. The number of benzene rings is 1. The van der Waals surface area contributed by atoms with Crippen molar-refractivity contribution in [2.45, 2.75) is 18.9 Å². The van der Waals surface area contributed by atoms with E-state index in [0.29, 0.717) is 5.41 Å². The maximum absolute atomic E-state index is 6.11. The highest BCUT2D eigenvalue weighted by molar-refractivity contribution is 14.0. The van der Waals surface area contributed by atoms with Crippen LogP contribution in [0.4, 0.5) is 0 Å². The summed E-state index contributed by atoms with van der Waals surface area (Å²) < 4.78 is 11.2. The standard InChI is InChI=1S/C21H31ClN4O2.HI/c1-23-20(26-8-6-21(15-26)7-11-28-16-21)24-14-19(25-9-12-27-13-10-25)17-2-4-18(22)5-3-17;/h2-5,19H,6-16H2,1H3,(H,23,24);1H. The average Bonchev–Trinajstić information content (AvgIpc) is 3.37. The molecule has 0 aromatic heterocycles. The lowest BCUT2D eigenvalue weighted by Crippen LogP contribution is -2.47. The molecule has 3 aliphatic rings. The fraction of sp³-hybridized carbons (Fsp3) is 0.667. The van der Waals surface area contributed by atoms with Crippen LogP contribution in [0.15, 0.2) is 29.3 Å². The van der Waals surface area contributed by atoms with Gasteiger partial charge in [0.25, 0.3) is 0 Å². The molecule has 8 heteroatoms. The van der Waals surface area contributed by atoms with Crippen molar-refractivity contribution in [3.8, 4) is 0 Å². The molecular formula is C21H32ClIN4O2. The first-order valence-corrected chi connectivity index (χ1v) is 10.7. The Hall–Kier alpha value is -0.610. The van der Waals surface area contributed by atoms with E-state index in [0.717, 1.165) is 70.1 Å². The predicted octanol–water partition coefficient (Wildman–Crippen LogP) is 3.02. The summed E-state index contributed by atoms with van der Waals surface area (Å²) >= 11 is 6.11. The molecule has 4 rings (SSSR count). The van der Waals surface area contributed by atoms with Gasteiger partial charge in [-0.3, -0.25) is 9.89 Å². The number of rotatable bonds is 4. The Morgan fingerprint density at radius 2 is 1.90 bits per heavy atom. The van der Waals surface area contributed by atoms with Crippen molar-refractivity contribution >= 4 is 41.5 Å². The van der Waals surface area contributed by atoms with E-state index >= 15 is 0 Å². The summed E-state index contributed by atoms with van der Waals surface area (Å²) in [7, 11) is 1.88. The van der Waals surface area contributed by atoms with Gasteiger partial charge in [0.1, 0.15) is 0 Å². The predicted molar refractivity (Wildman–Crippen MR) is 127 cm³/mol. The molecule has 162 valence electrons. The Morgan fingerprint density at radius 3 is 2.55 bits per heavy atom. The summed E-state index contributed by atoms with van der Waals surface area (Å²) in [4.78, 5) is 9.46. The summed E-state index contributed by atoms with van der Waals surface area (Å²) in [5.74, 6) is 0.996. The van der Waals surface area contributed by atoms with Crippen molar-refractivity contribution in [3.05, 3.63) is 34.9 Å². The number of nitrogens with one attached hydrogen (secondary N) is 1.